The van der Waals surface area contributed by atoms with E-state index < -0.39 is 22.0 Å². The van der Waals surface area contributed by atoms with Crippen molar-refractivity contribution in [2.45, 2.75) is 17.4 Å². The van der Waals surface area contributed by atoms with Crippen molar-refractivity contribution < 1.29 is 22.7 Å². The van der Waals surface area contributed by atoms with Crippen LogP contribution >= 0.6 is 0 Å². The molecule has 1 fully saturated rings. The zero-order valence-electron chi connectivity index (χ0n) is 10.7. The lowest BCUT2D eigenvalue weighted by Crippen LogP contribution is -2.55. The highest BCUT2D eigenvalue weighted by Gasteiger charge is 2.44. The standard InChI is InChI=1S/C12H15NO5S/c1-17-10-5-3-4-6-11(10)19(15,16)13-8-7-9(13)12(14)18-2/h3-6,9H,7-8H2,1-2H3. The molecule has 0 bridgehead atoms. The van der Waals surface area contributed by atoms with Crippen LogP contribution < -0.4 is 4.74 Å². The average Bonchev–Trinajstić information content (AvgIpc) is 2.36. The van der Waals surface area contributed by atoms with Crippen molar-refractivity contribution in [3.05, 3.63) is 24.3 Å². The number of benzene rings is 1. The Hall–Kier alpha value is -1.60. The summed E-state index contributed by atoms with van der Waals surface area (Å²) in [7, 11) is -1.09. The summed E-state index contributed by atoms with van der Waals surface area (Å²) in [6.07, 6.45) is 0.473. The summed E-state index contributed by atoms with van der Waals surface area (Å²) in [5.41, 5.74) is 0. The van der Waals surface area contributed by atoms with Gasteiger partial charge in [-0.2, -0.15) is 4.31 Å². The first-order chi connectivity index (χ1) is 9.02. The number of nitrogens with zero attached hydrogens (tertiary/aromatic N) is 1. The van der Waals surface area contributed by atoms with E-state index in [-0.39, 0.29) is 10.6 Å². The number of hydrogen-bond acceptors (Lipinski definition) is 5. The zero-order valence-corrected chi connectivity index (χ0v) is 11.5. The predicted octanol–water partition coefficient (Wildman–Crippen LogP) is 0.631. The first-order valence-corrected chi connectivity index (χ1v) is 7.19. The Kier molecular flexibility index (Phi) is 3.77. The third-order valence-electron chi connectivity index (χ3n) is 3.10. The molecule has 104 valence electrons. The van der Waals surface area contributed by atoms with E-state index in [2.05, 4.69) is 4.74 Å². The van der Waals surface area contributed by atoms with Crippen LogP contribution in [0.4, 0.5) is 0 Å². The Morgan fingerprint density at radius 2 is 2.00 bits per heavy atom. The van der Waals surface area contributed by atoms with Gasteiger partial charge in [0.1, 0.15) is 16.7 Å². The normalized spacial score (nSPS) is 19.6. The molecule has 2 rings (SSSR count). The summed E-state index contributed by atoms with van der Waals surface area (Å²) in [5.74, 6) is -0.275. The molecule has 0 N–H and O–H groups in total. The number of hydrogen-bond donors (Lipinski definition) is 0. The van der Waals surface area contributed by atoms with Gasteiger partial charge in [0.15, 0.2) is 0 Å². The van der Waals surface area contributed by atoms with E-state index in [0.717, 1.165) is 4.31 Å². The summed E-state index contributed by atoms with van der Waals surface area (Å²) < 4.78 is 35.7. The van der Waals surface area contributed by atoms with E-state index in [9.17, 15) is 13.2 Å². The minimum Gasteiger partial charge on any atom is -0.495 e. The summed E-state index contributed by atoms with van der Waals surface area (Å²) in [4.78, 5) is 11.5. The van der Waals surface area contributed by atoms with Gasteiger partial charge in [-0.25, -0.2) is 8.42 Å². The molecule has 0 amide bonds. The number of rotatable bonds is 4. The number of carbonyl (C=O) groups excluding carboxylic acids is 1. The van der Waals surface area contributed by atoms with Crippen LogP contribution in [0.25, 0.3) is 0 Å². The Balaban J connectivity index is 2.35. The summed E-state index contributed by atoms with van der Waals surface area (Å²) in [6.45, 7) is 0.306. The zero-order chi connectivity index (χ0) is 14.0. The van der Waals surface area contributed by atoms with Crippen molar-refractivity contribution >= 4 is 16.0 Å². The molecule has 19 heavy (non-hydrogen) atoms. The number of para-hydroxylation sites is 1. The second kappa shape index (κ2) is 5.18. The molecule has 1 saturated heterocycles. The SMILES string of the molecule is COC(=O)C1CCN1S(=O)(=O)c1ccccc1OC. The fourth-order valence-corrected chi connectivity index (χ4v) is 3.76. The van der Waals surface area contributed by atoms with Crippen LogP contribution in [0.2, 0.25) is 0 Å². The van der Waals surface area contributed by atoms with Gasteiger partial charge < -0.3 is 9.47 Å². The molecule has 1 atom stereocenters. The van der Waals surface area contributed by atoms with E-state index in [1.165, 1.54) is 20.3 Å². The highest BCUT2D eigenvalue weighted by molar-refractivity contribution is 7.89. The van der Waals surface area contributed by atoms with Crippen LogP contribution in [-0.2, 0) is 19.6 Å². The number of carbonyl (C=O) groups is 1. The van der Waals surface area contributed by atoms with E-state index in [0.29, 0.717) is 13.0 Å². The lowest BCUT2D eigenvalue weighted by molar-refractivity contribution is -0.148. The monoisotopic (exact) mass is 285 g/mol. The van der Waals surface area contributed by atoms with Gasteiger partial charge in [-0.3, -0.25) is 4.79 Å². The maximum atomic E-state index is 12.5. The largest absolute Gasteiger partial charge is 0.495 e. The van der Waals surface area contributed by atoms with Gasteiger partial charge in [-0.15, -0.1) is 0 Å². The van der Waals surface area contributed by atoms with Crippen molar-refractivity contribution in [1.82, 2.24) is 4.31 Å². The number of esters is 1. The fraction of sp³-hybridized carbons (Fsp3) is 0.417. The van der Waals surface area contributed by atoms with Gasteiger partial charge >= 0.3 is 5.97 Å². The number of ether oxygens (including phenoxy) is 2. The van der Waals surface area contributed by atoms with Gasteiger partial charge in [0.25, 0.3) is 0 Å². The van der Waals surface area contributed by atoms with Gasteiger partial charge in [-0.1, -0.05) is 12.1 Å². The molecule has 0 aliphatic carbocycles. The second-order valence-corrected chi connectivity index (χ2v) is 5.95. The van der Waals surface area contributed by atoms with Crippen molar-refractivity contribution in [2.24, 2.45) is 0 Å². The lowest BCUT2D eigenvalue weighted by Gasteiger charge is -2.37. The highest BCUT2D eigenvalue weighted by Crippen LogP contribution is 2.32. The quantitative estimate of drug-likeness (QED) is 0.759. The van der Waals surface area contributed by atoms with Crippen LogP contribution in [0.1, 0.15) is 6.42 Å². The Morgan fingerprint density at radius 3 is 2.53 bits per heavy atom. The maximum absolute atomic E-state index is 12.5. The van der Waals surface area contributed by atoms with E-state index >= 15 is 0 Å². The predicted molar refractivity (Wildman–Crippen MR) is 67.3 cm³/mol. The Bertz CT molecular complexity index is 584. The van der Waals surface area contributed by atoms with Crippen molar-refractivity contribution in [3.8, 4) is 5.75 Å². The molecule has 1 aliphatic heterocycles. The minimum atomic E-state index is -3.74. The van der Waals surface area contributed by atoms with Gasteiger partial charge in [0, 0.05) is 6.54 Å². The molecule has 0 aromatic heterocycles. The van der Waals surface area contributed by atoms with Crippen LogP contribution in [0, 0.1) is 0 Å². The molecule has 1 unspecified atom stereocenters. The topological polar surface area (TPSA) is 72.9 Å². The summed E-state index contributed by atoms with van der Waals surface area (Å²) in [6, 6.07) is 5.59. The minimum absolute atomic E-state index is 0.0612. The molecule has 0 spiro atoms. The first-order valence-electron chi connectivity index (χ1n) is 5.75. The van der Waals surface area contributed by atoms with Crippen LogP contribution in [0.15, 0.2) is 29.2 Å². The smallest absolute Gasteiger partial charge is 0.324 e. The third-order valence-corrected chi connectivity index (χ3v) is 5.05. The molecule has 0 saturated carbocycles. The Morgan fingerprint density at radius 1 is 1.32 bits per heavy atom. The molecule has 7 heteroatoms. The second-order valence-electron chi connectivity index (χ2n) is 4.09. The van der Waals surface area contributed by atoms with Gasteiger partial charge in [-0.05, 0) is 18.6 Å². The molecule has 1 aromatic carbocycles. The molecule has 1 aromatic rings. The summed E-state index contributed by atoms with van der Waals surface area (Å²) in [5, 5.41) is 0. The van der Waals surface area contributed by atoms with Gasteiger partial charge in [0.05, 0.1) is 14.2 Å². The van der Waals surface area contributed by atoms with Crippen molar-refractivity contribution in [3.63, 3.8) is 0 Å². The van der Waals surface area contributed by atoms with E-state index in [4.69, 9.17) is 4.74 Å². The number of sulfonamides is 1. The van der Waals surface area contributed by atoms with E-state index in [1.54, 1.807) is 18.2 Å². The van der Waals surface area contributed by atoms with Gasteiger partial charge in [0.2, 0.25) is 10.0 Å². The van der Waals surface area contributed by atoms with Crippen molar-refractivity contribution in [1.29, 1.82) is 0 Å². The van der Waals surface area contributed by atoms with E-state index in [1.807, 2.05) is 0 Å². The third kappa shape index (κ3) is 2.31. The maximum Gasteiger partial charge on any atom is 0.324 e. The summed E-state index contributed by atoms with van der Waals surface area (Å²) >= 11 is 0. The fourth-order valence-electron chi connectivity index (χ4n) is 1.98. The highest BCUT2D eigenvalue weighted by atomic mass is 32.2. The van der Waals surface area contributed by atoms with Crippen LogP contribution in [0.3, 0.4) is 0 Å². The number of methoxy groups -OCH3 is 2. The average molecular weight is 285 g/mol. The molecule has 6 nitrogen and oxygen atoms in total. The van der Waals surface area contributed by atoms with Crippen LogP contribution in [-0.4, -0.2) is 45.5 Å². The molecule has 1 aliphatic rings. The molecular weight excluding hydrogens is 270 g/mol. The molecule has 1 heterocycles. The Labute approximate surface area is 112 Å². The first kappa shape index (κ1) is 13.8. The van der Waals surface area contributed by atoms with Crippen molar-refractivity contribution in [2.75, 3.05) is 20.8 Å². The van der Waals surface area contributed by atoms with Crippen LogP contribution in [0.5, 0.6) is 5.75 Å². The molecule has 0 radical (unpaired) electrons. The molecular formula is C12H15NO5S. The lowest BCUT2D eigenvalue weighted by atomic mass is 10.1.